The van der Waals surface area contributed by atoms with Gasteiger partial charge in [-0.05, 0) is 25.9 Å². The van der Waals surface area contributed by atoms with Crippen LogP contribution < -0.4 is 11.1 Å². The average molecular weight is 229 g/mol. The number of likely N-dealkylation sites (N-methyl/N-ethyl adjacent to an activating group) is 1. The monoisotopic (exact) mass is 229 g/mol. The lowest BCUT2D eigenvalue weighted by molar-refractivity contribution is -0.122. The fraction of sp³-hybridized carbons (Fsp3) is 0.917. The lowest BCUT2D eigenvalue weighted by Gasteiger charge is -2.27. The van der Waals surface area contributed by atoms with Crippen LogP contribution in [0.15, 0.2) is 0 Å². The van der Waals surface area contributed by atoms with Crippen molar-refractivity contribution < 1.29 is 4.79 Å². The minimum Gasteiger partial charge on any atom is -0.353 e. The summed E-state index contributed by atoms with van der Waals surface area (Å²) in [5.41, 5.74) is 5.86. The van der Waals surface area contributed by atoms with Crippen LogP contribution in [0.4, 0.5) is 0 Å². The number of nitrogens with zero attached hydrogens (tertiary/aromatic N) is 1. The van der Waals surface area contributed by atoms with Crippen molar-refractivity contribution in [1.29, 1.82) is 0 Å². The molecule has 0 rings (SSSR count). The van der Waals surface area contributed by atoms with Gasteiger partial charge in [-0.2, -0.15) is 0 Å². The van der Waals surface area contributed by atoms with E-state index in [9.17, 15) is 4.79 Å². The first-order valence-electron chi connectivity index (χ1n) is 6.29. The molecule has 4 heteroatoms. The Morgan fingerprint density at radius 2 is 1.69 bits per heavy atom. The minimum absolute atomic E-state index is 0.0698. The first-order valence-corrected chi connectivity index (χ1v) is 6.29. The third kappa shape index (κ3) is 5.47. The Balaban J connectivity index is 3.97. The van der Waals surface area contributed by atoms with E-state index in [-0.39, 0.29) is 11.4 Å². The molecular weight excluding hydrogens is 202 g/mol. The van der Waals surface area contributed by atoms with E-state index >= 15 is 0 Å². The van der Waals surface area contributed by atoms with Crippen molar-refractivity contribution in [1.82, 2.24) is 10.2 Å². The van der Waals surface area contributed by atoms with Gasteiger partial charge in [0.2, 0.25) is 5.91 Å². The van der Waals surface area contributed by atoms with Crippen molar-refractivity contribution in [2.75, 3.05) is 26.2 Å². The molecule has 0 atom stereocenters. The standard InChI is InChI=1S/C12H27N3O/c1-5-12(13,6-2)10-14-11(16)9-15(7-3)8-4/h5-10,13H2,1-4H3,(H,14,16). The van der Waals surface area contributed by atoms with Crippen molar-refractivity contribution in [2.45, 2.75) is 46.1 Å². The number of nitrogens with two attached hydrogens (primary N) is 1. The van der Waals surface area contributed by atoms with Crippen molar-refractivity contribution in [3.63, 3.8) is 0 Å². The van der Waals surface area contributed by atoms with Gasteiger partial charge < -0.3 is 11.1 Å². The first-order chi connectivity index (χ1) is 7.51. The van der Waals surface area contributed by atoms with Gasteiger partial charge in [-0.25, -0.2) is 0 Å². The van der Waals surface area contributed by atoms with Crippen LogP contribution in [-0.4, -0.2) is 42.5 Å². The van der Waals surface area contributed by atoms with E-state index in [4.69, 9.17) is 5.73 Å². The summed E-state index contributed by atoms with van der Waals surface area (Å²) in [6.07, 6.45) is 1.77. The quantitative estimate of drug-likeness (QED) is 0.652. The van der Waals surface area contributed by atoms with Crippen LogP contribution in [0.2, 0.25) is 0 Å². The third-order valence-electron chi connectivity index (χ3n) is 3.31. The highest BCUT2D eigenvalue weighted by Gasteiger charge is 2.21. The average Bonchev–Trinajstić information content (AvgIpc) is 2.33. The normalized spacial score (nSPS) is 11.9. The van der Waals surface area contributed by atoms with E-state index in [0.29, 0.717) is 13.1 Å². The van der Waals surface area contributed by atoms with Gasteiger partial charge in [0.15, 0.2) is 0 Å². The van der Waals surface area contributed by atoms with Gasteiger partial charge in [-0.3, -0.25) is 9.69 Å². The largest absolute Gasteiger partial charge is 0.353 e. The molecule has 96 valence electrons. The Morgan fingerprint density at radius 1 is 1.19 bits per heavy atom. The topological polar surface area (TPSA) is 58.4 Å². The zero-order chi connectivity index (χ0) is 12.6. The molecule has 0 radical (unpaired) electrons. The summed E-state index contributed by atoms with van der Waals surface area (Å²) in [5.74, 6) is 0.0698. The number of hydrogen-bond acceptors (Lipinski definition) is 3. The Hall–Kier alpha value is -0.610. The fourth-order valence-electron chi connectivity index (χ4n) is 1.48. The van der Waals surface area contributed by atoms with Gasteiger partial charge in [0.1, 0.15) is 0 Å². The molecule has 0 aromatic heterocycles. The number of rotatable bonds is 8. The summed E-state index contributed by atoms with van der Waals surface area (Å²) in [6.45, 7) is 11.1. The number of amides is 1. The second-order valence-corrected chi connectivity index (χ2v) is 4.31. The maximum Gasteiger partial charge on any atom is 0.234 e. The molecule has 0 heterocycles. The molecule has 0 aliphatic heterocycles. The maximum atomic E-state index is 11.6. The molecular formula is C12H27N3O. The molecule has 0 spiro atoms. The predicted octanol–water partition coefficient (Wildman–Crippen LogP) is 0.962. The Labute approximate surface area is 99.6 Å². The third-order valence-corrected chi connectivity index (χ3v) is 3.31. The van der Waals surface area contributed by atoms with E-state index in [0.717, 1.165) is 25.9 Å². The molecule has 0 aromatic rings. The highest BCUT2D eigenvalue weighted by molar-refractivity contribution is 5.78. The summed E-state index contributed by atoms with van der Waals surface area (Å²) in [4.78, 5) is 13.7. The van der Waals surface area contributed by atoms with Crippen LogP contribution >= 0.6 is 0 Å². The lowest BCUT2D eigenvalue weighted by Crippen LogP contribution is -2.50. The predicted molar refractivity (Wildman–Crippen MR) is 68.3 cm³/mol. The summed E-state index contributed by atoms with van der Waals surface area (Å²) in [7, 11) is 0. The van der Waals surface area contributed by atoms with Crippen molar-refractivity contribution in [3.8, 4) is 0 Å². The number of carbonyl (C=O) groups is 1. The molecule has 0 saturated heterocycles. The minimum atomic E-state index is -0.251. The van der Waals surface area contributed by atoms with Gasteiger partial charge in [0.05, 0.1) is 6.54 Å². The Morgan fingerprint density at radius 3 is 2.06 bits per heavy atom. The van der Waals surface area contributed by atoms with Gasteiger partial charge >= 0.3 is 0 Å². The molecule has 0 fully saturated rings. The molecule has 0 aromatic carbocycles. The van der Waals surface area contributed by atoms with Crippen LogP contribution in [-0.2, 0) is 4.79 Å². The maximum absolute atomic E-state index is 11.6. The molecule has 3 N–H and O–H groups in total. The van der Waals surface area contributed by atoms with Crippen molar-refractivity contribution in [3.05, 3.63) is 0 Å². The molecule has 4 nitrogen and oxygen atoms in total. The summed E-state index contributed by atoms with van der Waals surface area (Å²) >= 11 is 0. The molecule has 0 aliphatic rings. The lowest BCUT2D eigenvalue weighted by atomic mass is 9.94. The molecule has 0 saturated carbocycles. The molecule has 0 aliphatic carbocycles. The summed E-state index contributed by atoms with van der Waals surface area (Å²) in [5, 5.41) is 2.92. The van der Waals surface area contributed by atoms with Gasteiger partial charge in [0.25, 0.3) is 0 Å². The van der Waals surface area contributed by atoms with E-state index in [2.05, 4.69) is 37.9 Å². The summed E-state index contributed by atoms with van der Waals surface area (Å²) < 4.78 is 0. The van der Waals surface area contributed by atoms with Crippen molar-refractivity contribution in [2.24, 2.45) is 5.73 Å². The van der Waals surface area contributed by atoms with Crippen LogP contribution in [0.3, 0.4) is 0 Å². The zero-order valence-electron chi connectivity index (χ0n) is 11.2. The second-order valence-electron chi connectivity index (χ2n) is 4.31. The summed E-state index contributed by atoms with van der Waals surface area (Å²) in [6, 6.07) is 0. The molecule has 0 bridgehead atoms. The Kier molecular flexibility index (Phi) is 7.34. The first kappa shape index (κ1) is 15.4. The highest BCUT2D eigenvalue weighted by atomic mass is 16.2. The van der Waals surface area contributed by atoms with E-state index < -0.39 is 0 Å². The van der Waals surface area contributed by atoms with Crippen LogP contribution in [0.5, 0.6) is 0 Å². The van der Waals surface area contributed by atoms with Crippen LogP contribution in [0.1, 0.15) is 40.5 Å². The number of nitrogens with one attached hydrogen (secondary N) is 1. The van der Waals surface area contributed by atoms with E-state index in [1.165, 1.54) is 0 Å². The molecule has 1 amide bonds. The number of carbonyl (C=O) groups excluding carboxylic acids is 1. The van der Waals surface area contributed by atoms with Gasteiger partial charge in [-0.1, -0.05) is 27.7 Å². The fourth-order valence-corrected chi connectivity index (χ4v) is 1.48. The highest BCUT2D eigenvalue weighted by Crippen LogP contribution is 2.09. The Bertz CT molecular complexity index is 198. The molecule has 0 unspecified atom stereocenters. The van der Waals surface area contributed by atoms with Crippen LogP contribution in [0.25, 0.3) is 0 Å². The number of hydrogen-bond donors (Lipinski definition) is 2. The van der Waals surface area contributed by atoms with Gasteiger partial charge in [0, 0.05) is 12.1 Å². The molecule has 16 heavy (non-hydrogen) atoms. The van der Waals surface area contributed by atoms with E-state index in [1.807, 2.05) is 0 Å². The van der Waals surface area contributed by atoms with Gasteiger partial charge in [-0.15, -0.1) is 0 Å². The smallest absolute Gasteiger partial charge is 0.234 e. The second kappa shape index (κ2) is 7.63. The SMILES string of the molecule is CCN(CC)CC(=O)NCC(N)(CC)CC. The van der Waals surface area contributed by atoms with E-state index in [1.54, 1.807) is 0 Å². The zero-order valence-corrected chi connectivity index (χ0v) is 11.2. The van der Waals surface area contributed by atoms with Crippen molar-refractivity contribution >= 4 is 5.91 Å². The van der Waals surface area contributed by atoms with Crippen LogP contribution in [0, 0.1) is 0 Å².